The number of fused-ring (bicyclic) bond motifs is 1. The van der Waals surface area contributed by atoms with Crippen molar-refractivity contribution in [2.45, 2.75) is 26.0 Å². The van der Waals surface area contributed by atoms with E-state index >= 15 is 0 Å². The third kappa shape index (κ3) is 3.51. The van der Waals surface area contributed by atoms with E-state index in [0.29, 0.717) is 6.61 Å². The van der Waals surface area contributed by atoms with Crippen molar-refractivity contribution >= 4 is 27.3 Å². The highest BCUT2D eigenvalue weighted by molar-refractivity contribution is 9.10. The van der Waals surface area contributed by atoms with Crippen LogP contribution >= 0.6 is 27.3 Å². The van der Waals surface area contributed by atoms with Crippen molar-refractivity contribution < 1.29 is 14.2 Å². The zero-order valence-electron chi connectivity index (χ0n) is 11.6. The minimum absolute atomic E-state index is 0.0589. The van der Waals surface area contributed by atoms with Crippen LogP contribution in [0.4, 0.5) is 0 Å². The third-order valence-electron chi connectivity index (χ3n) is 3.09. The Labute approximate surface area is 135 Å². The molecule has 0 saturated carbocycles. The Morgan fingerprint density at radius 1 is 1.33 bits per heavy atom. The van der Waals surface area contributed by atoms with Crippen LogP contribution in [0.25, 0.3) is 0 Å². The molecule has 0 spiro atoms. The van der Waals surface area contributed by atoms with Gasteiger partial charge in [-0.05, 0) is 47.0 Å². The maximum absolute atomic E-state index is 5.96. The molecule has 21 heavy (non-hydrogen) atoms. The van der Waals surface area contributed by atoms with Crippen molar-refractivity contribution in [3.63, 3.8) is 0 Å². The summed E-state index contributed by atoms with van der Waals surface area (Å²) in [5.74, 6) is 2.30. The van der Waals surface area contributed by atoms with Crippen LogP contribution in [0.15, 0.2) is 28.1 Å². The molecule has 2 heterocycles. The van der Waals surface area contributed by atoms with E-state index in [0.717, 1.165) is 38.6 Å². The highest BCUT2D eigenvalue weighted by atomic mass is 79.9. The van der Waals surface area contributed by atoms with E-state index in [1.165, 1.54) is 0 Å². The van der Waals surface area contributed by atoms with E-state index in [9.17, 15) is 0 Å². The topological polar surface area (TPSA) is 53.7 Å². The molecule has 0 radical (unpaired) electrons. The molecular formula is C15H16BrNO3S. The number of hydrogen-bond acceptors (Lipinski definition) is 5. The first-order valence-electron chi connectivity index (χ1n) is 6.65. The lowest BCUT2D eigenvalue weighted by molar-refractivity contribution is 0.173. The molecule has 0 saturated heterocycles. The highest BCUT2D eigenvalue weighted by Crippen LogP contribution is 2.39. The Kier molecular flexibility index (Phi) is 4.37. The van der Waals surface area contributed by atoms with Crippen LogP contribution in [-0.4, -0.2) is 12.8 Å². The van der Waals surface area contributed by atoms with Crippen molar-refractivity contribution in [3.8, 4) is 17.2 Å². The minimum atomic E-state index is 0.0589. The summed E-state index contributed by atoms with van der Waals surface area (Å²) in [5.41, 5.74) is 6.96. The normalized spacial score (nSPS) is 14.2. The van der Waals surface area contributed by atoms with Crippen molar-refractivity contribution in [2.24, 2.45) is 5.73 Å². The maximum Gasteiger partial charge on any atom is 0.231 e. The quantitative estimate of drug-likeness (QED) is 0.872. The maximum atomic E-state index is 5.96. The molecule has 1 unspecified atom stereocenters. The molecule has 1 aliphatic heterocycles. The first-order valence-corrected chi connectivity index (χ1v) is 8.33. The van der Waals surface area contributed by atoms with Gasteiger partial charge in [0.05, 0.1) is 0 Å². The molecule has 1 atom stereocenters. The van der Waals surface area contributed by atoms with Gasteiger partial charge >= 0.3 is 0 Å². The fraction of sp³-hybridized carbons (Fsp3) is 0.333. The summed E-state index contributed by atoms with van der Waals surface area (Å²) in [4.78, 5) is 1.16. The van der Waals surface area contributed by atoms with E-state index in [1.54, 1.807) is 11.3 Å². The molecule has 1 aromatic carbocycles. The van der Waals surface area contributed by atoms with Gasteiger partial charge in [-0.2, -0.15) is 0 Å². The number of benzene rings is 1. The number of thiophene rings is 1. The van der Waals surface area contributed by atoms with E-state index in [2.05, 4.69) is 22.0 Å². The van der Waals surface area contributed by atoms with Crippen molar-refractivity contribution in [1.29, 1.82) is 0 Å². The van der Waals surface area contributed by atoms with E-state index in [4.69, 9.17) is 19.9 Å². The Balaban J connectivity index is 1.81. The van der Waals surface area contributed by atoms with Crippen LogP contribution in [0.5, 0.6) is 17.2 Å². The lowest BCUT2D eigenvalue weighted by Gasteiger charge is -2.13. The highest BCUT2D eigenvalue weighted by Gasteiger charge is 2.19. The van der Waals surface area contributed by atoms with Gasteiger partial charge in [0.2, 0.25) is 6.79 Å². The van der Waals surface area contributed by atoms with Crippen molar-refractivity contribution in [1.82, 2.24) is 0 Å². The van der Waals surface area contributed by atoms with Crippen LogP contribution in [0, 0.1) is 0 Å². The monoisotopic (exact) mass is 369 g/mol. The zero-order valence-corrected chi connectivity index (χ0v) is 14.0. The standard InChI is InChI=1S/C15H16BrNO3S/c1-9(17)2-10-3-14-15(20-8-19-14)5-13(10)18-6-12-4-11(16)7-21-12/h3-5,7,9H,2,6,8,17H2,1H3. The first-order chi connectivity index (χ1) is 10.1. The van der Waals surface area contributed by atoms with Crippen molar-refractivity contribution in [3.05, 3.63) is 38.5 Å². The molecule has 1 aromatic heterocycles. The lowest BCUT2D eigenvalue weighted by atomic mass is 10.1. The predicted molar refractivity (Wildman–Crippen MR) is 86.3 cm³/mol. The van der Waals surface area contributed by atoms with E-state index < -0.39 is 0 Å². The Hall–Kier alpha value is -1.24. The molecule has 0 bridgehead atoms. The van der Waals surface area contributed by atoms with Gasteiger partial charge < -0.3 is 19.9 Å². The summed E-state index contributed by atoms with van der Waals surface area (Å²) in [6.45, 7) is 2.76. The average molecular weight is 370 g/mol. The largest absolute Gasteiger partial charge is 0.488 e. The van der Waals surface area contributed by atoms with Gasteiger partial charge in [-0.3, -0.25) is 0 Å². The van der Waals surface area contributed by atoms with Gasteiger partial charge in [-0.25, -0.2) is 0 Å². The van der Waals surface area contributed by atoms with Crippen LogP contribution < -0.4 is 19.9 Å². The third-order valence-corrected chi connectivity index (χ3v) is 4.76. The molecule has 112 valence electrons. The molecule has 0 fully saturated rings. The summed E-state index contributed by atoms with van der Waals surface area (Å²) >= 11 is 5.11. The summed E-state index contributed by atoms with van der Waals surface area (Å²) in [6.07, 6.45) is 0.736. The first kappa shape index (κ1) is 14.7. The minimum Gasteiger partial charge on any atom is -0.488 e. The molecule has 2 aromatic rings. The number of halogens is 1. The molecular weight excluding hydrogens is 354 g/mol. The average Bonchev–Trinajstić information content (AvgIpc) is 3.03. The van der Waals surface area contributed by atoms with Gasteiger partial charge in [-0.1, -0.05) is 0 Å². The van der Waals surface area contributed by atoms with Crippen LogP contribution in [0.3, 0.4) is 0 Å². The summed E-state index contributed by atoms with van der Waals surface area (Å²) in [6, 6.07) is 5.97. The Morgan fingerprint density at radius 3 is 2.76 bits per heavy atom. The van der Waals surface area contributed by atoms with Gasteiger partial charge in [0.15, 0.2) is 11.5 Å². The molecule has 0 aliphatic carbocycles. The number of ether oxygens (including phenoxy) is 3. The summed E-state index contributed by atoms with van der Waals surface area (Å²) < 4.78 is 17.9. The van der Waals surface area contributed by atoms with Gasteiger partial charge in [-0.15, -0.1) is 11.3 Å². The molecule has 4 nitrogen and oxygen atoms in total. The van der Waals surface area contributed by atoms with E-state index in [1.807, 2.05) is 24.4 Å². The summed E-state index contributed by atoms with van der Waals surface area (Å²) in [5, 5.41) is 2.04. The van der Waals surface area contributed by atoms with Crippen LogP contribution in [-0.2, 0) is 13.0 Å². The van der Waals surface area contributed by atoms with Gasteiger partial charge in [0, 0.05) is 26.8 Å². The summed E-state index contributed by atoms with van der Waals surface area (Å²) in [7, 11) is 0. The molecule has 1 aliphatic rings. The van der Waals surface area contributed by atoms with E-state index in [-0.39, 0.29) is 12.8 Å². The number of rotatable bonds is 5. The Bertz CT molecular complexity index is 642. The SMILES string of the molecule is CC(N)Cc1cc2c(cc1OCc1cc(Br)cs1)OCO2. The number of nitrogens with two attached hydrogens (primary N) is 1. The zero-order chi connectivity index (χ0) is 14.8. The molecule has 0 amide bonds. The second-order valence-electron chi connectivity index (χ2n) is 5.01. The Morgan fingerprint density at radius 2 is 2.10 bits per heavy atom. The smallest absolute Gasteiger partial charge is 0.231 e. The fourth-order valence-corrected chi connectivity index (χ4v) is 3.55. The van der Waals surface area contributed by atoms with Gasteiger partial charge in [0.25, 0.3) is 0 Å². The predicted octanol–water partition coefficient (Wildman–Crippen LogP) is 3.71. The van der Waals surface area contributed by atoms with Crippen molar-refractivity contribution in [2.75, 3.05) is 6.79 Å². The fourth-order valence-electron chi connectivity index (χ4n) is 2.18. The van der Waals surface area contributed by atoms with Crippen LogP contribution in [0.2, 0.25) is 0 Å². The molecule has 6 heteroatoms. The lowest BCUT2D eigenvalue weighted by Crippen LogP contribution is -2.18. The molecule has 3 rings (SSSR count). The second-order valence-corrected chi connectivity index (χ2v) is 6.93. The number of hydrogen-bond donors (Lipinski definition) is 1. The molecule has 2 N–H and O–H groups in total. The van der Waals surface area contributed by atoms with Crippen LogP contribution in [0.1, 0.15) is 17.4 Å². The van der Waals surface area contributed by atoms with Gasteiger partial charge in [0.1, 0.15) is 12.4 Å². The second kappa shape index (κ2) is 6.25.